The van der Waals surface area contributed by atoms with E-state index in [-0.39, 0.29) is 16.9 Å². The summed E-state index contributed by atoms with van der Waals surface area (Å²) in [7, 11) is -4.38. The van der Waals surface area contributed by atoms with E-state index in [9.17, 15) is 8.42 Å². The highest BCUT2D eigenvalue weighted by atomic mass is 35.5. The van der Waals surface area contributed by atoms with Gasteiger partial charge >= 0.3 is 0 Å². The van der Waals surface area contributed by atoms with Gasteiger partial charge in [0.05, 0.1) is 23.2 Å². The summed E-state index contributed by atoms with van der Waals surface area (Å²) in [6, 6.07) is 21.2. The highest BCUT2D eigenvalue weighted by Gasteiger charge is 2.46. The Bertz CT molecular complexity index is 1700. The van der Waals surface area contributed by atoms with Gasteiger partial charge in [0.25, 0.3) is 0 Å². The lowest BCUT2D eigenvalue weighted by atomic mass is 9.84. The Balaban J connectivity index is 1.51. The minimum Gasteiger partial charge on any atom is -0.490 e. The summed E-state index contributed by atoms with van der Waals surface area (Å²) in [6.07, 6.45) is 1.15. The number of alkyl halides is 1. The van der Waals surface area contributed by atoms with E-state index in [1.807, 2.05) is 37.3 Å². The number of nitrogens with zero attached hydrogens (tertiary/aromatic N) is 1. The molecule has 3 aromatic rings. The topological polar surface area (TPSA) is 86.3 Å². The Morgan fingerprint density at radius 2 is 1.64 bits per heavy atom. The standard InChI is InChI=1S/C42H61ClN2O6SSi/c1-29(2)53(30(3)4,31(5)6)50-28-36-25-38(34-14-12-33(26-43)13-15-34)41(27-44-36)51-42(52(46,47)37-17-10-32(7)11-18-37)35-16-19-40-39(24-35)45(21-23-49-40)20-9-22-48-8/h10-19,24,29-31,36,38,41-42,44H,9,20-23,25-28H2,1-8H3/t36-,38+,41-,42?/m0/s1. The second-order valence-corrected chi connectivity index (χ2v) is 23.4. The molecule has 292 valence electrons. The predicted octanol–water partition coefficient (Wildman–Crippen LogP) is 9.16. The van der Waals surface area contributed by atoms with E-state index in [2.05, 4.69) is 76.0 Å². The number of aryl methyl sites for hydroxylation is 1. The third-order valence-electron chi connectivity index (χ3n) is 11.3. The van der Waals surface area contributed by atoms with Gasteiger partial charge in [-0.1, -0.05) is 89.6 Å². The summed E-state index contributed by atoms with van der Waals surface area (Å²) in [4.78, 5) is 2.48. The van der Waals surface area contributed by atoms with Crippen LogP contribution < -0.4 is 15.0 Å². The Morgan fingerprint density at radius 3 is 2.26 bits per heavy atom. The third-order valence-corrected chi connectivity index (χ3v) is 19.6. The van der Waals surface area contributed by atoms with Gasteiger partial charge in [0.2, 0.25) is 9.84 Å². The molecule has 0 radical (unpaired) electrons. The molecule has 1 fully saturated rings. The molecule has 1 saturated heterocycles. The van der Waals surface area contributed by atoms with Crippen LogP contribution in [0.1, 0.15) is 88.0 Å². The van der Waals surface area contributed by atoms with Crippen LogP contribution in [0.15, 0.2) is 71.6 Å². The number of piperidine rings is 1. The lowest BCUT2D eigenvalue weighted by Gasteiger charge is -2.44. The quantitative estimate of drug-likeness (QED) is 0.0825. The van der Waals surface area contributed by atoms with Gasteiger partial charge in [-0.3, -0.25) is 0 Å². The number of benzene rings is 3. The van der Waals surface area contributed by atoms with E-state index in [0.717, 1.165) is 47.5 Å². The Labute approximate surface area is 324 Å². The first-order valence-corrected chi connectivity index (χ1v) is 23.5. The zero-order valence-corrected chi connectivity index (χ0v) is 35.5. The van der Waals surface area contributed by atoms with Crippen molar-refractivity contribution in [1.82, 2.24) is 5.32 Å². The highest BCUT2D eigenvalue weighted by molar-refractivity contribution is 7.91. The molecule has 11 heteroatoms. The van der Waals surface area contributed by atoms with Gasteiger partial charge in [-0.2, -0.15) is 0 Å². The lowest BCUT2D eigenvalue weighted by Crippen LogP contribution is -2.54. The van der Waals surface area contributed by atoms with Crippen LogP contribution in [0.4, 0.5) is 5.69 Å². The monoisotopic (exact) mass is 784 g/mol. The molecule has 0 bridgehead atoms. The van der Waals surface area contributed by atoms with Crippen molar-refractivity contribution < 1.29 is 27.1 Å². The van der Waals surface area contributed by atoms with Gasteiger partial charge in [-0.05, 0) is 77.3 Å². The lowest BCUT2D eigenvalue weighted by molar-refractivity contribution is -0.00983. The summed E-state index contributed by atoms with van der Waals surface area (Å²) in [5.74, 6) is 1.09. The van der Waals surface area contributed by atoms with E-state index in [1.54, 1.807) is 19.2 Å². The summed E-state index contributed by atoms with van der Waals surface area (Å²) in [6.45, 7) is 19.6. The van der Waals surface area contributed by atoms with E-state index in [1.165, 1.54) is 0 Å². The minimum absolute atomic E-state index is 0.0790. The fraction of sp³-hybridized carbons (Fsp3) is 0.571. The predicted molar refractivity (Wildman–Crippen MR) is 219 cm³/mol. The minimum atomic E-state index is -3.99. The summed E-state index contributed by atoms with van der Waals surface area (Å²) in [5.41, 5.74) is 4.77. The van der Waals surface area contributed by atoms with Crippen LogP contribution >= 0.6 is 11.6 Å². The molecule has 53 heavy (non-hydrogen) atoms. The number of methoxy groups -OCH3 is 1. The van der Waals surface area contributed by atoms with Crippen molar-refractivity contribution in [3.8, 4) is 5.75 Å². The van der Waals surface area contributed by atoms with Gasteiger partial charge in [0.15, 0.2) is 13.8 Å². The van der Waals surface area contributed by atoms with Crippen LogP contribution in [0.25, 0.3) is 0 Å². The number of fused-ring (bicyclic) bond motifs is 1. The Morgan fingerprint density at radius 1 is 0.962 bits per heavy atom. The molecular weight excluding hydrogens is 724 g/mol. The molecule has 5 rings (SSSR count). The van der Waals surface area contributed by atoms with E-state index < -0.39 is 29.7 Å². The molecule has 0 spiro atoms. The molecule has 0 aliphatic carbocycles. The Kier molecular flexibility index (Phi) is 14.5. The van der Waals surface area contributed by atoms with Crippen LogP contribution in [0.5, 0.6) is 5.75 Å². The highest BCUT2D eigenvalue weighted by Crippen LogP contribution is 2.44. The average molecular weight is 786 g/mol. The molecule has 8 nitrogen and oxygen atoms in total. The van der Waals surface area contributed by atoms with Crippen molar-refractivity contribution in [2.24, 2.45) is 0 Å². The second-order valence-electron chi connectivity index (χ2n) is 15.7. The molecule has 2 aliphatic rings. The number of sulfone groups is 1. The van der Waals surface area contributed by atoms with Crippen molar-refractivity contribution in [2.75, 3.05) is 51.5 Å². The fourth-order valence-electron chi connectivity index (χ4n) is 8.60. The molecule has 2 aliphatic heterocycles. The Hall–Kier alpha value is -2.44. The van der Waals surface area contributed by atoms with Gasteiger partial charge in [0.1, 0.15) is 12.4 Å². The normalized spacial score (nSPS) is 20.2. The van der Waals surface area contributed by atoms with Gasteiger partial charge in [-0.25, -0.2) is 8.42 Å². The number of hydrogen-bond acceptors (Lipinski definition) is 8. The van der Waals surface area contributed by atoms with Crippen molar-refractivity contribution in [3.63, 3.8) is 0 Å². The molecule has 3 aromatic carbocycles. The number of nitrogens with one attached hydrogen (secondary N) is 1. The number of rotatable bonds is 17. The maximum Gasteiger partial charge on any atom is 0.209 e. The first-order chi connectivity index (χ1) is 25.3. The number of halogens is 1. The molecule has 4 atom stereocenters. The number of hydrogen-bond donors (Lipinski definition) is 1. The molecule has 0 aromatic heterocycles. The smallest absolute Gasteiger partial charge is 0.209 e. The van der Waals surface area contributed by atoms with Crippen molar-refractivity contribution in [2.45, 2.75) is 112 Å². The summed E-state index contributed by atoms with van der Waals surface area (Å²) in [5, 5.41) is 3.74. The van der Waals surface area contributed by atoms with Crippen LogP contribution in [-0.2, 0) is 29.6 Å². The second kappa shape index (κ2) is 18.5. The van der Waals surface area contributed by atoms with Gasteiger partial charge < -0.3 is 28.9 Å². The van der Waals surface area contributed by atoms with Crippen molar-refractivity contribution in [1.29, 1.82) is 0 Å². The van der Waals surface area contributed by atoms with Crippen LogP contribution in [0.2, 0.25) is 16.6 Å². The van der Waals surface area contributed by atoms with Crippen molar-refractivity contribution >= 4 is 35.4 Å². The first-order valence-electron chi connectivity index (χ1n) is 19.3. The van der Waals surface area contributed by atoms with Gasteiger partial charge in [-0.15, -0.1) is 11.6 Å². The molecule has 1 N–H and O–H groups in total. The SMILES string of the molecule is COCCCN1CCOc2ccc(C(O[C@H]3CN[C@H](CO[Si](C(C)C)(C(C)C)C(C)C)C[C@@H]3c3ccc(CCl)cc3)S(=O)(=O)c3ccc(C)cc3)cc21. The first kappa shape index (κ1) is 41.7. The average Bonchev–Trinajstić information content (AvgIpc) is 3.14. The zero-order chi connectivity index (χ0) is 38.3. The number of ether oxygens (including phenoxy) is 3. The van der Waals surface area contributed by atoms with Crippen molar-refractivity contribution in [3.05, 3.63) is 89.0 Å². The van der Waals surface area contributed by atoms with E-state index >= 15 is 0 Å². The summed E-state index contributed by atoms with van der Waals surface area (Å²) >= 11 is 6.20. The molecule has 1 unspecified atom stereocenters. The van der Waals surface area contributed by atoms with Gasteiger partial charge in [0, 0.05) is 51.3 Å². The fourth-order valence-corrected chi connectivity index (χ4v) is 15.8. The zero-order valence-electron chi connectivity index (χ0n) is 32.9. The third kappa shape index (κ3) is 9.51. The van der Waals surface area contributed by atoms with E-state index in [4.69, 9.17) is 30.2 Å². The van der Waals surface area contributed by atoms with Crippen LogP contribution in [-0.4, -0.2) is 75.4 Å². The van der Waals surface area contributed by atoms with Crippen LogP contribution in [0.3, 0.4) is 0 Å². The van der Waals surface area contributed by atoms with E-state index in [0.29, 0.717) is 61.0 Å². The molecule has 0 amide bonds. The maximum absolute atomic E-state index is 14.7. The largest absolute Gasteiger partial charge is 0.490 e. The van der Waals surface area contributed by atoms with Crippen LogP contribution in [0, 0.1) is 6.92 Å². The molecule has 0 saturated carbocycles. The summed E-state index contributed by atoms with van der Waals surface area (Å²) < 4.78 is 54.9. The number of anilines is 1. The maximum atomic E-state index is 14.7. The molecule has 2 heterocycles. The molecular formula is C42H61ClN2O6SSi.